The number of halogens is 1. The van der Waals surface area contributed by atoms with Crippen LogP contribution in [0.2, 0.25) is 0 Å². The Hall–Kier alpha value is -1.66. The highest BCUT2D eigenvalue weighted by atomic mass is 79.9. The van der Waals surface area contributed by atoms with Crippen molar-refractivity contribution in [3.63, 3.8) is 0 Å². The molecule has 2 aromatic rings. The van der Waals surface area contributed by atoms with Crippen molar-refractivity contribution >= 4 is 21.6 Å². The molecule has 0 amide bonds. The fraction of sp³-hybridized carbons (Fsp3) is 0.333. The third kappa shape index (κ3) is 4.41. The number of nitrogens with one attached hydrogen (secondary N) is 1. The summed E-state index contributed by atoms with van der Waals surface area (Å²) in [7, 11) is 3.94. The SMILES string of the molecule is CN(C)CCn1ncc(NCc2ccccc2)c(Br)c1=O. The molecule has 0 radical (unpaired) electrons. The third-order valence-electron chi connectivity index (χ3n) is 3.07. The van der Waals surface area contributed by atoms with Gasteiger partial charge in [-0.25, -0.2) is 4.68 Å². The molecule has 0 bridgehead atoms. The van der Waals surface area contributed by atoms with Gasteiger partial charge in [-0.15, -0.1) is 0 Å². The average Bonchev–Trinajstić information content (AvgIpc) is 2.48. The third-order valence-corrected chi connectivity index (χ3v) is 3.84. The highest BCUT2D eigenvalue weighted by Gasteiger charge is 2.08. The Morgan fingerprint density at radius 2 is 2.00 bits per heavy atom. The van der Waals surface area contributed by atoms with Gasteiger partial charge in [0, 0.05) is 13.1 Å². The van der Waals surface area contributed by atoms with E-state index in [0.717, 1.165) is 12.1 Å². The Morgan fingerprint density at radius 3 is 2.67 bits per heavy atom. The van der Waals surface area contributed by atoms with Crippen LogP contribution in [-0.2, 0) is 13.1 Å². The van der Waals surface area contributed by atoms with Gasteiger partial charge in [-0.2, -0.15) is 5.10 Å². The van der Waals surface area contributed by atoms with Gasteiger partial charge in [0.25, 0.3) is 5.56 Å². The van der Waals surface area contributed by atoms with E-state index in [2.05, 4.69) is 26.3 Å². The summed E-state index contributed by atoms with van der Waals surface area (Å²) in [6.07, 6.45) is 1.68. The van der Waals surface area contributed by atoms with Gasteiger partial charge in [0.15, 0.2) is 0 Å². The minimum absolute atomic E-state index is 0.116. The molecule has 0 aliphatic carbocycles. The van der Waals surface area contributed by atoms with E-state index in [9.17, 15) is 4.79 Å². The summed E-state index contributed by atoms with van der Waals surface area (Å²) in [4.78, 5) is 14.2. The van der Waals surface area contributed by atoms with Crippen molar-refractivity contribution in [3.8, 4) is 0 Å². The van der Waals surface area contributed by atoms with E-state index in [1.807, 2.05) is 49.3 Å². The molecule has 1 aromatic heterocycles. The lowest BCUT2D eigenvalue weighted by molar-refractivity contribution is 0.367. The molecular weight excluding hydrogens is 332 g/mol. The van der Waals surface area contributed by atoms with Crippen LogP contribution >= 0.6 is 15.9 Å². The molecule has 1 heterocycles. The first-order valence-electron chi connectivity index (χ1n) is 6.76. The Kier molecular flexibility index (Phi) is 5.52. The van der Waals surface area contributed by atoms with Gasteiger partial charge in [-0.3, -0.25) is 4.79 Å². The number of hydrogen-bond donors (Lipinski definition) is 1. The van der Waals surface area contributed by atoms with E-state index in [1.54, 1.807) is 6.20 Å². The molecule has 112 valence electrons. The zero-order valence-electron chi connectivity index (χ0n) is 12.2. The fourth-order valence-corrected chi connectivity index (χ4v) is 2.28. The van der Waals surface area contributed by atoms with Crippen molar-refractivity contribution in [3.05, 3.63) is 56.9 Å². The summed E-state index contributed by atoms with van der Waals surface area (Å²) in [5, 5.41) is 7.44. The summed E-state index contributed by atoms with van der Waals surface area (Å²) in [6.45, 7) is 2.00. The Labute approximate surface area is 132 Å². The first kappa shape index (κ1) is 15.7. The van der Waals surface area contributed by atoms with Gasteiger partial charge >= 0.3 is 0 Å². The zero-order valence-corrected chi connectivity index (χ0v) is 13.8. The Morgan fingerprint density at radius 1 is 1.29 bits per heavy atom. The van der Waals surface area contributed by atoms with E-state index in [0.29, 0.717) is 23.2 Å². The number of hydrogen-bond acceptors (Lipinski definition) is 4. The van der Waals surface area contributed by atoms with Gasteiger partial charge in [0.1, 0.15) is 4.47 Å². The molecule has 5 nitrogen and oxygen atoms in total. The normalized spacial score (nSPS) is 10.9. The number of benzene rings is 1. The smallest absolute Gasteiger partial charge is 0.283 e. The maximum atomic E-state index is 12.2. The van der Waals surface area contributed by atoms with Crippen molar-refractivity contribution < 1.29 is 0 Å². The topological polar surface area (TPSA) is 50.2 Å². The summed E-state index contributed by atoms with van der Waals surface area (Å²) in [5.74, 6) is 0. The fourth-order valence-electron chi connectivity index (χ4n) is 1.84. The van der Waals surface area contributed by atoms with Gasteiger partial charge in [0.05, 0.1) is 18.4 Å². The predicted molar refractivity (Wildman–Crippen MR) is 88.5 cm³/mol. The molecule has 6 heteroatoms. The van der Waals surface area contributed by atoms with Crippen molar-refractivity contribution in [2.45, 2.75) is 13.1 Å². The second-order valence-electron chi connectivity index (χ2n) is 5.04. The van der Waals surface area contributed by atoms with Crippen molar-refractivity contribution in [2.75, 3.05) is 26.0 Å². The number of rotatable bonds is 6. The molecule has 0 fully saturated rings. The number of anilines is 1. The van der Waals surface area contributed by atoms with Crippen LogP contribution in [0.3, 0.4) is 0 Å². The number of aromatic nitrogens is 2. The van der Waals surface area contributed by atoms with E-state index in [4.69, 9.17) is 0 Å². The molecule has 0 saturated heterocycles. The van der Waals surface area contributed by atoms with Crippen LogP contribution in [0.25, 0.3) is 0 Å². The maximum Gasteiger partial charge on any atom is 0.283 e. The number of nitrogens with zero attached hydrogens (tertiary/aromatic N) is 3. The molecule has 0 aliphatic rings. The van der Waals surface area contributed by atoms with Crippen LogP contribution in [0, 0.1) is 0 Å². The second kappa shape index (κ2) is 7.38. The highest BCUT2D eigenvalue weighted by Crippen LogP contribution is 2.17. The lowest BCUT2D eigenvalue weighted by Crippen LogP contribution is -2.29. The van der Waals surface area contributed by atoms with Gasteiger partial charge < -0.3 is 10.2 Å². The summed E-state index contributed by atoms with van der Waals surface area (Å²) < 4.78 is 1.99. The first-order valence-corrected chi connectivity index (χ1v) is 7.55. The van der Waals surface area contributed by atoms with Crippen LogP contribution in [0.1, 0.15) is 5.56 Å². The van der Waals surface area contributed by atoms with Gasteiger partial charge in [-0.1, -0.05) is 30.3 Å². The molecule has 0 aliphatic heterocycles. The molecule has 1 aromatic carbocycles. The molecule has 0 saturated carbocycles. The number of likely N-dealkylation sites (N-methyl/N-ethyl adjacent to an activating group) is 1. The van der Waals surface area contributed by atoms with Gasteiger partial charge in [0.2, 0.25) is 0 Å². The molecule has 21 heavy (non-hydrogen) atoms. The van der Waals surface area contributed by atoms with E-state index < -0.39 is 0 Å². The first-order chi connectivity index (χ1) is 10.1. The quantitative estimate of drug-likeness (QED) is 0.867. The van der Waals surface area contributed by atoms with Crippen LogP contribution < -0.4 is 10.9 Å². The van der Waals surface area contributed by atoms with Gasteiger partial charge in [-0.05, 0) is 35.6 Å². The van der Waals surface area contributed by atoms with Crippen molar-refractivity contribution in [1.29, 1.82) is 0 Å². The van der Waals surface area contributed by atoms with Crippen LogP contribution in [0.4, 0.5) is 5.69 Å². The summed E-state index contributed by atoms with van der Waals surface area (Å²) in [5.41, 5.74) is 1.75. The zero-order chi connectivity index (χ0) is 15.2. The van der Waals surface area contributed by atoms with Crippen molar-refractivity contribution in [1.82, 2.24) is 14.7 Å². The Balaban J connectivity index is 2.08. The second-order valence-corrected chi connectivity index (χ2v) is 5.84. The lowest BCUT2D eigenvalue weighted by Gasteiger charge is -2.12. The largest absolute Gasteiger partial charge is 0.379 e. The molecule has 0 atom stereocenters. The van der Waals surface area contributed by atoms with Crippen LogP contribution in [0.15, 0.2) is 45.8 Å². The Bertz CT molecular complexity index is 640. The predicted octanol–water partition coefficient (Wildman–Crippen LogP) is 2.18. The highest BCUT2D eigenvalue weighted by molar-refractivity contribution is 9.10. The molecular formula is C15H19BrN4O. The molecule has 0 unspecified atom stereocenters. The monoisotopic (exact) mass is 350 g/mol. The van der Waals surface area contributed by atoms with Crippen LogP contribution in [0.5, 0.6) is 0 Å². The van der Waals surface area contributed by atoms with E-state index in [1.165, 1.54) is 4.68 Å². The summed E-state index contributed by atoms with van der Waals surface area (Å²) >= 11 is 3.36. The van der Waals surface area contributed by atoms with E-state index in [-0.39, 0.29) is 5.56 Å². The average molecular weight is 351 g/mol. The van der Waals surface area contributed by atoms with Crippen LogP contribution in [-0.4, -0.2) is 35.3 Å². The van der Waals surface area contributed by atoms with Crippen molar-refractivity contribution in [2.24, 2.45) is 0 Å². The standard InChI is InChI=1S/C15H19BrN4O/c1-19(2)8-9-20-15(21)14(16)13(11-18-20)17-10-12-6-4-3-5-7-12/h3-7,11,17H,8-10H2,1-2H3. The molecule has 2 rings (SSSR count). The molecule has 1 N–H and O–H groups in total. The lowest BCUT2D eigenvalue weighted by atomic mass is 10.2. The van der Waals surface area contributed by atoms with E-state index >= 15 is 0 Å². The summed E-state index contributed by atoms with van der Waals surface area (Å²) in [6, 6.07) is 10.0. The molecule has 0 spiro atoms. The minimum Gasteiger partial charge on any atom is -0.379 e. The maximum absolute atomic E-state index is 12.2. The minimum atomic E-state index is -0.116.